The van der Waals surface area contributed by atoms with Crippen molar-refractivity contribution in [1.82, 2.24) is 0 Å². The molecule has 1 aliphatic heterocycles. The van der Waals surface area contributed by atoms with E-state index in [1.165, 1.54) is 38.5 Å². The quantitative estimate of drug-likeness (QED) is 0.129. The predicted molar refractivity (Wildman–Crippen MR) is 116 cm³/mol. The van der Waals surface area contributed by atoms with Gasteiger partial charge < -0.3 is 23.9 Å². The second kappa shape index (κ2) is 17.7. The molecule has 0 saturated carbocycles. The second-order valence-corrected chi connectivity index (χ2v) is 10.0. The minimum Gasteiger partial charge on any atom is -0.748 e. The van der Waals surface area contributed by atoms with Crippen molar-refractivity contribution in [3.05, 3.63) is 0 Å². The molecule has 0 radical (unpaired) electrons. The Kier molecular flexibility index (Phi) is 17.8. The van der Waals surface area contributed by atoms with Crippen molar-refractivity contribution in [2.24, 2.45) is 0 Å². The van der Waals surface area contributed by atoms with E-state index >= 15 is 0 Å². The molecule has 2 atom stereocenters. The normalized spacial score (nSPS) is 18.8. The molecule has 2 unspecified atom stereocenters. The van der Waals surface area contributed by atoms with E-state index in [0.717, 1.165) is 38.5 Å². The fourth-order valence-corrected chi connectivity index (χ4v) is 4.40. The third kappa shape index (κ3) is 15.2. The molecule has 0 aromatic rings. The van der Waals surface area contributed by atoms with E-state index in [9.17, 15) is 22.9 Å². The van der Waals surface area contributed by atoms with Crippen LogP contribution in [0, 0.1) is 0 Å². The van der Waals surface area contributed by atoms with Gasteiger partial charge >= 0.3 is 35.5 Å². The van der Waals surface area contributed by atoms with E-state index < -0.39 is 46.3 Å². The molecule has 0 spiro atoms. The smallest absolute Gasteiger partial charge is 0.748 e. The molecule has 0 bridgehead atoms. The Balaban J connectivity index is 0.00000961. The minimum atomic E-state index is -4.60. The molecule has 0 aromatic heterocycles. The molecule has 1 aliphatic rings. The SMILES string of the molecule is CCCCCCCC1(CCCCCCC)OCC(COC(=O)CC(O)CS(=O)(=O)[O-])O1.[Na+]. The Bertz CT molecular complexity index is 585. The first-order chi connectivity index (χ1) is 14.7. The summed E-state index contributed by atoms with van der Waals surface area (Å²) < 4.78 is 49.3. The molecule has 0 amide bonds. The molecule has 184 valence electrons. The first-order valence-corrected chi connectivity index (χ1v) is 13.4. The van der Waals surface area contributed by atoms with Gasteiger partial charge in [0, 0.05) is 12.8 Å². The van der Waals surface area contributed by atoms with Crippen LogP contribution >= 0.6 is 0 Å². The van der Waals surface area contributed by atoms with Crippen molar-refractivity contribution >= 4 is 16.1 Å². The zero-order valence-corrected chi connectivity index (χ0v) is 23.0. The number of carbonyl (C=O) groups is 1. The number of hydrogen-bond donors (Lipinski definition) is 1. The van der Waals surface area contributed by atoms with Gasteiger partial charge in [-0.2, -0.15) is 0 Å². The molecule has 1 saturated heterocycles. The van der Waals surface area contributed by atoms with Crippen molar-refractivity contribution < 1.29 is 66.6 Å². The molecule has 10 heteroatoms. The fraction of sp³-hybridized carbons (Fsp3) is 0.955. The van der Waals surface area contributed by atoms with E-state index in [4.69, 9.17) is 14.2 Å². The topological polar surface area (TPSA) is 122 Å². The van der Waals surface area contributed by atoms with Crippen molar-refractivity contribution in [3.8, 4) is 0 Å². The molecule has 0 aliphatic carbocycles. The van der Waals surface area contributed by atoms with Gasteiger partial charge in [0.15, 0.2) is 5.79 Å². The van der Waals surface area contributed by atoms with Crippen LogP contribution in [-0.2, 0) is 29.1 Å². The molecule has 1 N–H and O–H groups in total. The third-order valence-electron chi connectivity index (χ3n) is 5.47. The number of hydrogen-bond acceptors (Lipinski definition) is 8. The summed E-state index contributed by atoms with van der Waals surface area (Å²) in [5.41, 5.74) is 0. The van der Waals surface area contributed by atoms with E-state index in [0.29, 0.717) is 6.61 Å². The van der Waals surface area contributed by atoms with E-state index in [1.54, 1.807) is 0 Å². The van der Waals surface area contributed by atoms with Crippen molar-refractivity contribution in [1.29, 1.82) is 0 Å². The zero-order valence-electron chi connectivity index (χ0n) is 20.2. The van der Waals surface area contributed by atoms with Gasteiger partial charge in [-0.25, -0.2) is 8.42 Å². The summed E-state index contributed by atoms with van der Waals surface area (Å²) in [6.07, 6.45) is 10.7. The Morgan fingerprint density at radius 2 is 1.59 bits per heavy atom. The molecule has 8 nitrogen and oxygen atoms in total. The van der Waals surface area contributed by atoms with Gasteiger partial charge in [-0.3, -0.25) is 4.79 Å². The Morgan fingerprint density at radius 3 is 2.09 bits per heavy atom. The summed E-state index contributed by atoms with van der Waals surface area (Å²) in [5.74, 6) is -2.41. The van der Waals surface area contributed by atoms with E-state index in [2.05, 4.69) is 13.8 Å². The maximum absolute atomic E-state index is 11.8. The molecule has 1 fully saturated rings. The Morgan fingerprint density at radius 1 is 1.06 bits per heavy atom. The maximum atomic E-state index is 11.8. The number of esters is 1. The van der Waals surface area contributed by atoms with Gasteiger partial charge in [0.1, 0.15) is 12.7 Å². The van der Waals surface area contributed by atoms with Crippen LogP contribution in [-0.4, -0.2) is 61.0 Å². The second-order valence-electron chi connectivity index (χ2n) is 8.56. The average molecular weight is 489 g/mol. The largest absolute Gasteiger partial charge is 1.00 e. The van der Waals surface area contributed by atoms with Crippen LogP contribution in [0.4, 0.5) is 0 Å². The fourth-order valence-electron chi connectivity index (χ4n) is 3.81. The van der Waals surface area contributed by atoms with Gasteiger partial charge in [0.2, 0.25) is 0 Å². The summed E-state index contributed by atoms with van der Waals surface area (Å²) >= 11 is 0. The van der Waals surface area contributed by atoms with Crippen LogP contribution in [0.2, 0.25) is 0 Å². The standard InChI is InChI=1S/C22H42O8S.Na/c1-3-5-7-9-11-13-22(14-12-10-8-6-4-2)29-17-20(30-22)16-28-21(24)15-19(23)18-31(25,26)27;/h19-20,23H,3-18H2,1-2H3,(H,25,26,27);/q;+1/p-1. The maximum Gasteiger partial charge on any atom is 1.00 e. The number of rotatable bonds is 18. The molecular formula is C22H41NaO8S. The van der Waals surface area contributed by atoms with Crippen LogP contribution in [0.25, 0.3) is 0 Å². The number of carbonyl (C=O) groups excluding carboxylic acids is 1. The number of ether oxygens (including phenoxy) is 3. The third-order valence-corrected chi connectivity index (χ3v) is 6.26. The van der Waals surface area contributed by atoms with Crippen LogP contribution in [0.1, 0.15) is 97.3 Å². The first kappa shape index (κ1) is 32.3. The predicted octanol–water partition coefficient (Wildman–Crippen LogP) is 0.663. The van der Waals surface area contributed by atoms with Gasteiger partial charge in [-0.05, 0) is 12.8 Å². The van der Waals surface area contributed by atoms with E-state index in [-0.39, 0.29) is 36.2 Å². The summed E-state index contributed by atoms with van der Waals surface area (Å²) in [4.78, 5) is 11.8. The number of aliphatic hydroxyl groups excluding tert-OH is 1. The average Bonchev–Trinajstić information content (AvgIpc) is 3.08. The minimum absolute atomic E-state index is 0. The van der Waals surface area contributed by atoms with Gasteiger partial charge in [-0.1, -0.05) is 65.2 Å². The summed E-state index contributed by atoms with van der Waals surface area (Å²) in [6.45, 7) is 4.68. The van der Waals surface area contributed by atoms with Crippen LogP contribution in [0.3, 0.4) is 0 Å². The monoisotopic (exact) mass is 488 g/mol. The van der Waals surface area contributed by atoms with Crippen LogP contribution in [0.15, 0.2) is 0 Å². The molecule has 1 rings (SSSR count). The van der Waals surface area contributed by atoms with Crippen molar-refractivity contribution in [3.63, 3.8) is 0 Å². The Labute approximate surface area is 216 Å². The number of unbranched alkanes of at least 4 members (excludes halogenated alkanes) is 8. The van der Waals surface area contributed by atoms with Gasteiger partial charge in [0.05, 0.1) is 35.0 Å². The van der Waals surface area contributed by atoms with E-state index in [1.807, 2.05) is 0 Å². The molecule has 0 aromatic carbocycles. The van der Waals surface area contributed by atoms with Crippen molar-refractivity contribution in [2.45, 2.75) is 115 Å². The van der Waals surface area contributed by atoms with Crippen molar-refractivity contribution in [2.75, 3.05) is 19.0 Å². The van der Waals surface area contributed by atoms with Crippen LogP contribution in [0.5, 0.6) is 0 Å². The zero-order chi connectivity index (χ0) is 23.2. The van der Waals surface area contributed by atoms with Gasteiger partial charge in [-0.15, -0.1) is 0 Å². The molecule has 1 heterocycles. The molecule has 32 heavy (non-hydrogen) atoms. The summed E-state index contributed by atoms with van der Waals surface area (Å²) in [5, 5.41) is 9.51. The Hall–Kier alpha value is 0.260. The first-order valence-electron chi connectivity index (χ1n) is 11.8. The number of aliphatic hydroxyl groups is 1. The summed E-state index contributed by atoms with van der Waals surface area (Å²) in [7, 11) is -4.60. The van der Waals surface area contributed by atoms with Gasteiger partial charge in [0.25, 0.3) is 0 Å². The summed E-state index contributed by atoms with van der Waals surface area (Å²) in [6, 6.07) is 0. The molecular weight excluding hydrogens is 447 g/mol. The van der Waals surface area contributed by atoms with Crippen LogP contribution < -0.4 is 29.6 Å².